The molecule has 0 saturated carbocycles. The summed E-state index contributed by atoms with van der Waals surface area (Å²) in [4.78, 5) is 10.7. The molecule has 0 aliphatic carbocycles. The third-order valence-electron chi connectivity index (χ3n) is 4.67. The molecule has 0 aromatic heterocycles. The fourth-order valence-electron chi connectivity index (χ4n) is 3.00. The highest BCUT2D eigenvalue weighted by Crippen LogP contribution is 2.31. The summed E-state index contributed by atoms with van der Waals surface area (Å²) in [5.74, 6) is 0.911. The maximum atomic E-state index is 12.8. The quantitative estimate of drug-likeness (QED) is 0.271. The van der Waals surface area contributed by atoms with E-state index in [4.69, 9.17) is 9.47 Å². The number of hydrazone groups is 1. The summed E-state index contributed by atoms with van der Waals surface area (Å²) in [5.41, 5.74) is 3.67. The van der Waals surface area contributed by atoms with Gasteiger partial charge in [-0.15, -0.1) is 0 Å². The van der Waals surface area contributed by atoms with Crippen LogP contribution < -0.4 is 19.6 Å². The van der Waals surface area contributed by atoms with Crippen molar-refractivity contribution in [2.75, 3.05) is 24.4 Å². The van der Waals surface area contributed by atoms with Gasteiger partial charge in [0.1, 0.15) is 17.2 Å². The van der Waals surface area contributed by atoms with E-state index in [1.54, 1.807) is 37.3 Å². The molecule has 3 rings (SSSR count). The summed E-state index contributed by atoms with van der Waals surface area (Å²) in [6, 6.07) is 17.1. The van der Waals surface area contributed by atoms with Gasteiger partial charge in [0, 0.05) is 11.6 Å². The molecular weight excluding hydrogens is 448 g/mol. The second-order valence-electron chi connectivity index (χ2n) is 6.75. The molecule has 0 saturated heterocycles. The van der Waals surface area contributed by atoms with Crippen molar-refractivity contribution in [1.29, 1.82) is 0 Å². The van der Waals surface area contributed by atoms with Crippen LogP contribution in [0.4, 0.5) is 17.1 Å². The van der Waals surface area contributed by atoms with Crippen LogP contribution in [0.5, 0.6) is 11.5 Å². The Hall–Kier alpha value is -4.12. The zero-order valence-corrected chi connectivity index (χ0v) is 18.9. The molecule has 172 valence electrons. The van der Waals surface area contributed by atoms with Crippen molar-refractivity contribution in [3.05, 3.63) is 82.4 Å². The number of methoxy groups -OCH3 is 2. The van der Waals surface area contributed by atoms with E-state index in [2.05, 4.69) is 15.2 Å². The van der Waals surface area contributed by atoms with E-state index < -0.39 is 20.6 Å². The van der Waals surface area contributed by atoms with Gasteiger partial charge in [-0.2, -0.15) is 5.10 Å². The summed E-state index contributed by atoms with van der Waals surface area (Å²) in [6.07, 6.45) is 0. The molecule has 3 aromatic carbocycles. The highest BCUT2D eigenvalue weighted by atomic mass is 32.2. The molecule has 0 aliphatic heterocycles. The van der Waals surface area contributed by atoms with Crippen molar-refractivity contribution < 1.29 is 22.8 Å². The maximum Gasteiger partial charge on any atom is 0.295 e. The van der Waals surface area contributed by atoms with Crippen molar-refractivity contribution in [3.8, 4) is 11.5 Å². The maximum absolute atomic E-state index is 12.8. The number of rotatable bonds is 9. The molecule has 2 N–H and O–H groups in total. The largest absolute Gasteiger partial charge is 0.496 e. The molecule has 0 atom stereocenters. The van der Waals surface area contributed by atoms with Crippen LogP contribution in [0.25, 0.3) is 0 Å². The van der Waals surface area contributed by atoms with Crippen LogP contribution in [-0.2, 0) is 10.0 Å². The number of anilines is 2. The highest BCUT2D eigenvalue weighted by Gasteiger charge is 2.22. The lowest BCUT2D eigenvalue weighted by molar-refractivity contribution is -0.384. The first-order valence-electron chi connectivity index (χ1n) is 9.65. The van der Waals surface area contributed by atoms with E-state index in [9.17, 15) is 18.5 Å². The summed E-state index contributed by atoms with van der Waals surface area (Å²) >= 11 is 0. The second-order valence-corrected chi connectivity index (χ2v) is 8.43. The molecule has 0 heterocycles. The number of nitrogens with zero attached hydrogens (tertiary/aromatic N) is 2. The third-order valence-corrected chi connectivity index (χ3v) is 6.03. The number of nitro benzene ring substituents is 1. The Morgan fingerprint density at radius 1 is 0.939 bits per heavy atom. The number of nitrogens with one attached hydrogen (secondary N) is 2. The first kappa shape index (κ1) is 23.5. The van der Waals surface area contributed by atoms with Gasteiger partial charge < -0.3 is 9.47 Å². The van der Waals surface area contributed by atoms with Crippen molar-refractivity contribution in [2.24, 2.45) is 5.10 Å². The summed E-state index contributed by atoms with van der Waals surface area (Å²) in [6.45, 7) is 1.71. The number of nitro groups is 1. The van der Waals surface area contributed by atoms with Crippen molar-refractivity contribution >= 4 is 32.8 Å². The molecule has 0 unspecified atom stereocenters. The molecule has 3 aromatic rings. The van der Waals surface area contributed by atoms with Crippen LogP contribution in [-0.4, -0.2) is 33.3 Å². The SMILES string of the molecule is COc1ccccc1NS(=O)(=O)c1ccc(N/N=C(\C)c2ccccc2OC)c([N+](=O)[O-])c1. The lowest BCUT2D eigenvalue weighted by atomic mass is 10.1. The number of sulfonamides is 1. The average Bonchev–Trinajstić information content (AvgIpc) is 2.82. The van der Waals surface area contributed by atoms with Crippen LogP contribution >= 0.6 is 0 Å². The average molecular weight is 471 g/mol. The van der Waals surface area contributed by atoms with Crippen molar-refractivity contribution in [2.45, 2.75) is 11.8 Å². The van der Waals surface area contributed by atoms with Crippen LogP contribution in [0, 0.1) is 10.1 Å². The molecule has 0 aliphatic rings. The van der Waals surface area contributed by atoms with Crippen molar-refractivity contribution in [3.63, 3.8) is 0 Å². The molecule has 0 radical (unpaired) electrons. The van der Waals surface area contributed by atoms with E-state index >= 15 is 0 Å². The van der Waals surface area contributed by atoms with E-state index in [1.807, 2.05) is 12.1 Å². The molecular formula is C22H22N4O6S. The number of benzene rings is 3. The minimum Gasteiger partial charge on any atom is -0.496 e. The van der Waals surface area contributed by atoms with Gasteiger partial charge in [-0.3, -0.25) is 20.3 Å². The van der Waals surface area contributed by atoms with E-state index in [0.717, 1.165) is 6.07 Å². The van der Waals surface area contributed by atoms with E-state index in [0.29, 0.717) is 22.8 Å². The lowest BCUT2D eigenvalue weighted by Crippen LogP contribution is -2.14. The number of hydrogen-bond donors (Lipinski definition) is 2. The summed E-state index contributed by atoms with van der Waals surface area (Å²) < 4.78 is 38.5. The van der Waals surface area contributed by atoms with E-state index in [-0.39, 0.29) is 16.3 Å². The third kappa shape index (κ3) is 5.39. The van der Waals surface area contributed by atoms with Gasteiger partial charge >= 0.3 is 0 Å². The predicted octanol–water partition coefficient (Wildman–Crippen LogP) is 4.25. The molecule has 0 amide bonds. The Morgan fingerprint density at radius 3 is 2.24 bits per heavy atom. The minimum atomic E-state index is -4.12. The standard InChI is InChI=1S/C22H22N4O6S/c1-15(17-8-4-6-10-21(17)31-2)23-24-18-13-12-16(14-20(18)26(27)28)33(29,30)25-19-9-5-7-11-22(19)32-3/h4-14,24-25H,1-3H3/b23-15+. The number of hydrogen-bond acceptors (Lipinski definition) is 8. The van der Waals surface area contributed by atoms with Gasteiger partial charge in [-0.1, -0.05) is 24.3 Å². The Morgan fingerprint density at radius 2 is 1.58 bits per heavy atom. The number of para-hydroxylation sites is 3. The Balaban J connectivity index is 1.91. The fraction of sp³-hybridized carbons (Fsp3) is 0.136. The monoisotopic (exact) mass is 470 g/mol. The van der Waals surface area contributed by atoms with Gasteiger partial charge in [0.15, 0.2) is 0 Å². The van der Waals surface area contributed by atoms with Crippen LogP contribution in [0.1, 0.15) is 12.5 Å². The van der Waals surface area contributed by atoms with Gasteiger partial charge in [-0.25, -0.2) is 8.42 Å². The lowest BCUT2D eigenvalue weighted by Gasteiger charge is -2.12. The van der Waals surface area contributed by atoms with Crippen molar-refractivity contribution in [1.82, 2.24) is 0 Å². The predicted molar refractivity (Wildman–Crippen MR) is 126 cm³/mol. The smallest absolute Gasteiger partial charge is 0.295 e. The zero-order valence-electron chi connectivity index (χ0n) is 18.1. The number of ether oxygens (including phenoxy) is 2. The first-order valence-corrected chi connectivity index (χ1v) is 11.1. The highest BCUT2D eigenvalue weighted by molar-refractivity contribution is 7.92. The molecule has 0 spiro atoms. The van der Waals surface area contributed by atoms with Crippen LogP contribution in [0.3, 0.4) is 0 Å². The van der Waals surface area contributed by atoms with Crippen LogP contribution in [0.2, 0.25) is 0 Å². The normalized spacial score (nSPS) is 11.5. The molecule has 11 heteroatoms. The van der Waals surface area contributed by atoms with E-state index in [1.165, 1.54) is 32.4 Å². The summed E-state index contributed by atoms with van der Waals surface area (Å²) in [7, 11) is -1.18. The minimum absolute atomic E-state index is 0.0329. The molecule has 0 fully saturated rings. The fourth-order valence-corrected chi connectivity index (χ4v) is 4.09. The van der Waals surface area contributed by atoms with Crippen LogP contribution in [0.15, 0.2) is 76.7 Å². The molecule has 33 heavy (non-hydrogen) atoms. The molecule has 10 nitrogen and oxygen atoms in total. The molecule has 0 bridgehead atoms. The summed E-state index contributed by atoms with van der Waals surface area (Å²) in [5, 5.41) is 15.8. The first-order chi connectivity index (χ1) is 15.8. The topological polar surface area (TPSA) is 132 Å². The van der Waals surface area contributed by atoms with Gasteiger partial charge in [0.05, 0.1) is 35.4 Å². The Bertz CT molecular complexity index is 1310. The Labute approximate surface area is 191 Å². The Kier molecular flexibility index (Phi) is 7.13. The van der Waals surface area contributed by atoms with Gasteiger partial charge in [0.25, 0.3) is 15.7 Å². The van der Waals surface area contributed by atoms with Gasteiger partial charge in [0.2, 0.25) is 0 Å². The van der Waals surface area contributed by atoms with Gasteiger partial charge in [-0.05, 0) is 43.3 Å². The zero-order chi connectivity index (χ0) is 24.0. The second kappa shape index (κ2) is 10.0.